The lowest BCUT2D eigenvalue weighted by molar-refractivity contribution is -0.125. The van der Waals surface area contributed by atoms with Gasteiger partial charge >= 0.3 is 6.03 Å². The number of nitrogens with one attached hydrogen (secondary N) is 3. The highest BCUT2D eigenvalue weighted by molar-refractivity contribution is 7.89. The lowest BCUT2D eigenvalue weighted by Crippen LogP contribution is -2.56. The first-order chi connectivity index (χ1) is 14.1. The van der Waals surface area contributed by atoms with Gasteiger partial charge in [0.15, 0.2) is 0 Å². The number of aryl methyl sites for hydroxylation is 1. The van der Waals surface area contributed by atoms with Crippen LogP contribution in [0.2, 0.25) is 0 Å². The van der Waals surface area contributed by atoms with Crippen LogP contribution in [0.5, 0.6) is 0 Å². The molecular weight excluding hydrogens is 408 g/mol. The Morgan fingerprint density at radius 1 is 1.23 bits per heavy atom. The van der Waals surface area contributed by atoms with E-state index in [1.807, 2.05) is 0 Å². The maximum atomic E-state index is 13.3. The molecule has 1 aliphatic carbocycles. The zero-order chi connectivity index (χ0) is 21.7. The van der Waals surface area contributed by atoms with E-state index in [1.54, 1.807) is 24.8 Å². The fraction of sp³-hybridized carbons (Fsp3) is 0.550. The Kier molecular flexibility index (Phi) is 5.09. The van der Waals surface area contributed by atoms with Crippen LogP contribution in [0, 0.1) is 12.8 Å². The van der Waals surface area contributed by atoms with E-state index >= 15 is 0 Å². The topological polar surface area (TPSA) is 125 Å². The highest BCUT2D eigenvalue weighted by atomic mass is 32.2. The van der Waals surface area contributed by atoms with Gasteiger partial charge in [0.2, 0.25) is 10.0 Å². The number of amides is 4. The summed E-state index contributed by atoms with van der Waals surface area (Å²) >= 11 is 0. The van der Waals surface area contributed by atoms with Crippen molar-refractivity contribution in [1.29, 1.82) is 0 Å². The molecule has 10 heteroatoms. The molecular formula is C20H26N4O5S. The van der Waals surface area contributed by atoms with Crippen molar-refractivity contribution in [3.63, 3.8) is 0 Å². The molecule has 0 aromatic heterocycles. The number of piperidine rings is 1. The molecule has 4 amide bonds. The summed E-state index contributed by atoms with van der Waals surface area (Å²) in [6.07, 6.45) is 3.05. The molecule has 2 saturated heterocycles. The summed E-state index contributed by atoms with van der Waals surface area (Å²) in [4.78, 5) is 38.9. The van der Waals surface area contributed by atoms with E-state index in [4.69, 9.17) is 0 Å². The van der Waals surface area contributed by atoms with Crippen LogP contribution in [0.3, 0.4) is 0 Å². The standard InChI is InChI=1S/C20H26N4O5S/c1-12-5-8-15(30(28,29)23-14-6-7-14)10-16(12)17(25)24-9-3-4-13(11-24)20(2)18(26)21-19(27)22-20/h5,8,10,13-14,23H,3-4,6-7,9,11H2,1-2H3,(H2,21,22,26,27). The van der Waals surface area contributed by atoms with Crippen LogP contribution in [0.25, 0.3) is 0 Å². The number of imide groups is 1. The van der Waals surface area contributed by atoms with Crippen LogP contribution >= 0.6 is 0 Å². The van der Waals surface area contributed by atoms with Crippen LogP contribution in [0.4, 0.5) is 4.79 Å². The monoisotopic (exact) mass is 434 g/mol. The third-order valence-electron chi connectivity index (χ3n) is 6.25. The summed E-state index contributed by atoms with van der Waals surface area (Å²) in [7, 11) is -3.67. The fourth-order valence-corrected chi connectivity index (χ4v) is 5.47. The van der Waals surface area contributed by atoms with Gasteiger partial charge in [-0.25, -0.2) is 17.9 Å². The Labute approximate surface area is 175 Å². The molecule has 2 aliphatic heterocycles. The van der Waals surface area contributed by atoms with E-state index in [1.165, 1.54) is 12.1 Å². The van der Waals surface area contributed by atoms with Gasteiger partial charge in [-0.1, -0.05) is 6.07 Å². The Balaban J connectivity index is 1.56. The zero-order valence-electron chi connectivity index (χ0n) is 17.0. The number of benzene rings is 1. The smallest absolute Gasteiger partial charge is 0.322 e. The second-order valence-corrected chi connectivity index (χ2v) is 10.3. The minimum Gasteiger partial charge on any atom is -0.338 e. The van der Waals surface area contributed by atoms with Gasteiger partial charge in [0.05, 0.1) is 4.90 Å². The van der Waals surface area contributed by atoms with E-state index in [-0.39, 0.29) is 28.7 Å². The van der Waals surface area contributed by atoms with Crippen molar-refractivity contribution in [1.82, 2.24) is 20.3 Å². The van der Waals surface area contributed by atoms with Crippen LogP contribution in [0.15, 0.2) is 23.1 Å². The molecule has 0 bridgehead atoms. The number of nitrogens with zero attached hydrogens (tertiary/aromatic N) is 1. The van der Waals surface area contributed by atoms with Crippen LogP contribution in [0.1, 0.15) is 48.5 Å². The molecule has 0 spiro atoms. The quantitative estimate of drug-likeness (QED) is 0.594. The first-order valence-corrected chi connectivity index (χ1v) is 11.6. The summed E-state index contributed by atoms with van der Waals surface area (Å²) in [5.41, 5.74) is -0.0465. The number of carbonyl (C=O) groups is 3. The Morgan fingerprint density at radius 3 is 2.60 bits per heavy atom. The summed E-state index contributed by atoms with van der Waals surface area (Å²) in [6.45, 7) is 4.26. The average Bonchev–Trinajstić information content (AvgIpc) is 3.45. The van der Waals surface area contributed by atoms with Crippen molar-refractivity contribution in [3.05, 3.63) is 29.3 Å². The molecule has 1 saturated carbocycles. The highest BCUT2D eigenvalue weighted by Crippen LogP contribution is 2.31. The van der Waals surface area contributed by atoms with Gasteiger partial charge < -0.3 is 10.2 Å². The lowest BCUT2D eigenvalue weighted by atomic mass is 9.80. The Bertz CT molecular complexity index is 1020. The maximum absolute atomic E-state index is 13.3. The summed E-state index contributed by atoms with van der Waals surface area (Å²) in [6, 6.07) is 4.03. The predicted octanol–water partition coefficient (Wildman–Crippen LogP) is 0.886. The predicted molar refractivity (Wildman–Crippen MR) is 108 cm³/mol. The number of sulfonamides is 1. The molecule has 2 unspecified atom stereocenters. The lowest BCUT2D eigenvalue weighted by Gasteiger charge is -2.39. The van der Waals surface area contributed by atoms with Gasteiger partial charge in [-0.2, -0.15) is 0 Å². The second-order valence-electron chi connectivity index (χ2n) is 8.57. The van der Waals surface area contributed by atoms with Gasteiger partial charge in [-0.05, 0) is 57.2 Å². The minimum absolute atomic E-state index is 0.0215. The molecule has 162 valence electrons. The summed E-state index contributed by atoms with van der Waals surface area (Å²) in [5, 5.41) is 4.96. The third kappa shape index (κ3) is 3.81. The summed E-state index contributed by atoms with van der Waals surface area (Å²) < 4.78 is 27.8. The number of hydrogen-bond acceptors (Lipinski definition) is 5. The van der Waals surface area contributed by atoms with Crippen LogP contribution in [-0.2, 0) is 14.8 Å². The second kappa shape index (κ2) is 7.35. The van der Waals surface area contributed by atoms with Crippen molar-refractivity contribution in [2.24, 2.45) is 5.92 Å². The molecule has 1 aromatic rings. The molecule has 9 nitrogen and oxygen atoms in total. The van der Waals surface area contributed by atoms with Crippen molar-refractivity contribution in [3.8, 4) is 0 Å². The Morgan fingerprint density at radius 2 is 1.97 bits per heavy atom. The first kappa shape index (κ1) is 20.8. The average molecular weight is 435 g/mol. The largest absolute Gasteiger partial charge is 0.338 e. The van der Waals surface area contributed by atoms with Crippen LogP contribution in [-0.4, -0.2) is 55.8 Å². The Hall–Kier alpha value is -2.46. The highest BCUT2D eigenvalue weighted by Gasteiger charge is 2.49. The van der Waals surface area contributed by atoms with E-state index in [2.05, 4.69) is 15.4 Å². The van der Waals surface area contributed by atoms with Crippen molar-refractivity contribution in [2.75, 3.05) is 13.1 Å². The fourth-order valence-electron chi connectivity index (χ4n) is 4.13. The molecule has 3 fully saturated rings. The molecule has 2 heterocycles. The number of likely N-dealkylation sites (tertiary alicyclic amines) is 1. The van der Waals surface area contributed by atoms with Crippen molar-refractivity contribution >= 4 is 27.9 Å². The van der Waals surface area contributed by atoms with E-state index in [9.17, 15) is 22.8 Å². The van der Waals surface area contributed by atoms with Gasteiger partial charge in [0.1, 0.15) is 5.54 Å². The van der Waals surface area contributed by atoms with E-state index < -0.39 is 21.6 Å². The SMILES string of the molecule is Cc1ccc(S(=O)(=O)NC2CC2)cc1C(=O)N1CCCC(C2(C)NC(=O)NC2=O)C1. The van der Waals surface area contributed by atoms with Gasteiger partial charge in [-0.3, -0.25) is 14.9 Å². The van der Waals surface area contributed by atoms with Gasteiger partial charge in [0.25, 0.3) is 11.8 Å². The number of carbonyl (C=O) groups excluding carboxylic acids is 3. The number of urea groups is 1. The number of rotatable bonds is 5. The summed E-state index contributed by atoms with van der Waals surface area (Å²) in [5.74, 6) is -0.887. The van der Waals surface area contributed by atoms with Crippen molar-refractivity contribution in [2.45, 2.75) is 56.0 Å². The number of hydrogen-bond donors (Lipinski definition) is 3. The minimum atomic E-state index is -3.67. The first-order valence-electron chi connectivity index (χ1n) is 10.2. The molecule has 3 N–H and O–H groups in total. The zero-order valence-corrected chi connectivity index (χ0v) is 17.8. The molecule has 2 atom stereocenters. The maximum Gasteiger partial charge on any atom is 0.322 e. The normalized spacial score (nSPS) is 27.0. The van der Waals surface area contributed by atoms with Crippen LogP contribution < -0.4 is 15.4 Å². The van der Waals surface area contributed by atoms with E-state index in [0.717, 1.165) is 12.8 Å². The van der Waals surface area contributed by atoms with Gasteiger partial charge in [0, 0.05) is 30.6 Å². The van der Waals surface area contributed by atoms with Gasteiger partial charge in [-0.15, -0.1) is 0 Å². The third-order valence-corrected chi connectivity index (χ3v) is 7.76. The van der Waals surface area contributed by atoms with Crippen molar-refractivity contribution < 1.29 is 22.8 Å². The molecule has 4 rings (SSSR count). The molecule has 3 aliphatic rings. The molecule has 0 radical (unpaired) electrons. The molecule has 30 heavy (non-hydrogen) atoms. The van der Waals surface area contributed by atoms with E-state index in [0.29, 0.717) is 37.1 Å². The molecule has 1 aromatic carbocycles.